The van der Waals surface area contributed by atoms with Crippen molar-refractivity contribution in [3.05, 3.63) is 33.9 Å². The van der Waals surface area contributed by atoms with Gasteiger partial charge in [-0.1, -0.05) is 6.07 Å². The summed E-state index contributed by atoms with van der Waals surface area (Å²) in [4.78, 5) is 24.5. The molecule has 0 saturated carbocycles. The smallest absolute Gasteiger partial charge is 0.292 e. The molecule has 0 aliphatic carbocycles. The van der Waals surface area contributed by atoms with Crippen LogP contribution in [-0.2, 0) is 4.79 Å². The Hall–Kier alpha value is -2.15. The first-order chi connectivity index (χ1) is 9.95. The maximum Gasteiger partial charge on any atom is 0.292 e. The monoisotopic (exact) mass is 293 g/mol. The summed E-state index contributed by atoms with van der Waals surface area (Å²) >= 11 is 0. The molecule has 2 unspecified atom stereocenters. The minimum Gasteiger partial charge on any atom is -0.389 e. The van der Waals surface area contributed by atoms with Crippen molar-refractivity contribution in [1.82, 2.24) is 5.32 Å². The van der Waals surface area contributed by atoms with Crippen LogP contribution in [0.4, 0.5) is 11.4 Å². The Labute approximate surface area is 122 Å². The van der Waals surface area contributed by atoms with E-state index in [0.29, 0.717) is 24.2 Å². The Morgan fingerprint density at radius 3 is 2.86 bits per heavy atom. The van der Waals surface area contributed by atoms with Gasteiger partial charge < -0.3 is 15.3 Å². The fourth-order valence-corrected chi connectivity index (χ4v) is 2.68. The molecule has 1 aromatic carbocycles. The molecule has 114 valence electrons. The number of aliphatic hydroxyl groups is 1. The van der Waals surface area contributed by atoms with E-state index in [9.17, 15) is 20.0 Å². The van der Waals surface area contributed by atoms with Crippen LogP contribution in [0.2, 0.25) is 0 Å². The second kappa shape index (κ2) is 6.09. The average Bonchev–Trinajstić information content (AvgIpc) is 2.94. The number of benzene rings is 1. The Bertz CT molecular complexity index is 559. The number of anilines is 1. The second-order valence-electron chi connectivity index (χ2n) is 5.15. The number of nitrogens with zero attached hydrogens (tertiary/aromatic N) is 2. The molecule has 1 heterocycles. The third kappa shape index (κ3) is 2.97. The van der Waals surface area contributed by atoms with Gasteiger partial charge in [-0.2, -0.15) is 0 Å². The summed E-state index contributed by atoms with van der Waals surface area (Å²) in [5.74, 6) is -0.138. The molecule has 2 rings (SSSR count). The lowest BCUT2D eigenvalue weighted by atomic mass is 10.1. The molecule has 1 aromatic rings. The van der Waals surface area contributed by atoms with Crippen LogP contribution in [0, 0.1) is 10.1 Å². The predicted octanol–water partition coefficient (Wildman–Crippen LogP) is 1.36. The number of hydrogen-bond acceptors (Lipinski definition) is 5. The highest BCUT2D eigenvalue weighted by molar-refractivity contribution is 5.86. The molecule has 21 heavy (non-hydrogen) atoms. The SMILES string of the molecule is CNC(=O)C1CCCN1c1ccc(C(C)O)cc1[N+](=O)[O-]. The lowest BCUT2D eigenvalue weighted by Crippen LogP contribution is -2.42. The van der Waals surface area contributed by atoms with Crippen molar-refractivity contribution in [2.24, 2.45) is 0 Å². The molecular formula is C14H19N3O4. The Kier molecular flexibility index (Phi) is 4.42. The molecule has 2 N–H and O–H groups in total. The normalized spacial score (nSPS) is 19.4. The number of nitro groups is 1. The van der Waals surface area contributed by atoms with Crippen molar-refractivity contribution in [3.63, 3.8) is 0 Å². The highest BCUT2D eigenvalue weighted by Gasteiger charge is 2.34. The summed E-state index contributed by atoms with van der Waals surface area (Å²) in [5.41, 5.74) is 0.834. The summed E-state index contributed by atoms with van der Waals surface area (Å²) in [6, 6.07) is 4.26. The minimum absolute atomic E-state index is 0.0794. The number of nitro benzene ring substituents is 1. The Morgan fingerprint density at radius 1 is 1.57 bits per heavy atom. The van der Waals surface area contributed by atoms with Gasteiger partial charge in [0.2, 0.25) is 5.91 Å². The lowest BCUT2D eigenvalue weighted by molar-refractivity contribution is -0.384. The van der Waals surface area contributed by atoms with Gasteiger partial charge in [0.05, 0.1) is 11.0 Å². The van der Waals surface area contributed by atoms with Crippen LogP contribution < -0.4 is 10.2 Å². The molecule has 1 aliphatic rings. The van der Waals surface area contributed by atoms with Crippen LogP contribution in [0.3, 0.4) is 0 Å². The zero-order valence-corrected chi connectivity index (χ0v) is 12.1. The van der Waals surface area contributed by atoms with E-state index in [2.05, 4.69) is 5.32 Å². The van der Waals surface area contributed by atoms with Gasteiger partial charge in [0.1, 0.15) is 11.7 Å². The van der Waals surface area contributed by atoms with E-state index in [-0.39, 0.29) is 17.6 Å². The van der Waals surface area contributed by atoms with E-state index in [1.807, 2.05) is 0 Å². The molecule has 2 atom stereocenters. The Morgan fingerprint density at radius 2 is 2.29 bits per heavy atom. The number of rotatable bonds is 4. The van der Waals surface area contributed by atoms with Gasteiger partial charge in [-0.25, -0.2) is 0 Å². The number of amides is 1. The highest BCUT2D eigenvalue weighted by Crippen LogP contribution is 2.35. The summed E-state index contributed by atoms with van der Waals surface area (Å²) in [6.07, 6.45) is 0.716. The summed E-state index contributed by atoms with van der Waals surface area (Å²) in [6.45, 7) is 2.16. The van der Waals surface area contributed by atoms with Gasteiger partial charge in [-0.05, 0) is 31.4 Å². The van der Waals surface area contributed by atoms with E-state index in [4.69, 9.17) is 0 Å². The lowest BCUT2D eigenvalue weighted by Gasteiger charge is -2.25. The summed E-state index contributed by atoms with van der Waals surface area (Å²) < 4.78 is 0. The average molecular weight is 293 g/mol. The van der Waals surface area contributed by atoms with Crippen LogP contribution in [0.5, 0.6) is 0 Å². The first-order valence-corrected chi connectivity index (χ1v) is 6.90. The number of aliphatic hydroxyl groups excluding tert-OH is 1. The molecular weight excluding hydrogens is 274 g/mol. The number of likely N-dealkylation sites (N-methyl/N-ethyl adjacent to an activating group) is 1. The third-order valence-corrected chi connectivity index (χ3v) is 3.79. The molecule has 1 amide bonds. The van der Waals surface area contributed by atoms with Gasteiger partial charge in [0, 0.05) is 19.7 Å². The minimum atomic E-state index is -0.772. The maximum atomic E-state index is 11.9. The van der Waals surface area contributed by atoms with Gasteiger partial charge in [-0.3, -0.25) is 14.9 Å². The summed E-state index contributed by atoms with van der Waals surface area (Å²) in [5, 5.41) is 23.5. The first kappa shape index (κ1) is 15.2. The zero-order chi connectivity index (χ0) is 15.6. The van der Waals surface area contributed by atoms with Gasteiger partial charge in [0.15, 0.2) is 0 Å². The van der Waals surface area contributed by atoms with Gasteiger partial charge in [-0.15, -0.1) is 0 Å². The molecule has 0 radical (unpaired) electrons. The van der Waals surface area contributed by atoms with E-state index in [1.165, 1.54) is 6.07 Å². The largest absolute Gasteiger partial charge is 0.389 e. The zero-order valence-electron chi connectivity index (χ0n) is 12.1. The van der Waals surface area contributed by atoms with E-state index in [1.54, 1.807) is 31.0 Å². The molecule has 7 nitrogen and oxygen atoms in total. The van der Waals surface area contributed by atoms with Crippen molar-refractivity contribution < 1.29 is 14.8 Å². The van der Waals surface area contributed by atoms with Crippen LogP contribution in [0.1, 0.15) is 31.4 Å². The van der Waals surface area contributed by atoms with Crippen molar-refractivity contribution in [1.29, 1.82) is 0 Å². The van der Waals surface area contributed by atoms with Crippen molar-refractivity contribution >= 4 is 17.3 Å². The van der Waals surface area contributed by atoms with Crippen molar-refractivity contribution in [3.8, 4) is 0 Å². The van der Waals surface area contributed by atoms with E-state index < -0.39 is 11.0 Å². The first-order valence-electron chi connectivity index (χ1n) is 6.90. The van der Waals surface area contributed by atoms with E-state index in [0.717, 1.165) is 6.42 Å². The fraction of sp³-hybridized carbons (Fsp3) is 0.500. The standard InChI is InChI=1S/C14H19N3O4/c1-9(18)10-5-6-11(13(8-10)17(20)21)16-7-3-4-12(16)14(19)15-2/h5-6,8-9,12,18H,3-4,7H2,1-2H3,(H,15,19). The third-order valence-electron chi connectivity index (χ3n) is 3.79. The van der Waals surface area contributed by atoms with Gasteiger partial charge >= 0.3 is 0 Å². The molecule has 0 aromatic heterocycles. The maximum absolute atomic E-state index is 11.9. The van der Waals surface area contributed by atoms with Crippen LogP contribution in [0.25, 0.3) is 0 Å². The van der Waals surface area contributed by atoms with Crippen LogP contribution in [-0.4, -0.2) is 35.6 Å². The van der Waals surface area contributed by atoms with E-state index >= 15 is 0 Å². The van der Waals surface area contributed by atoms with Crippen LogP contribution in [0.15, 0.2) is 18.2 Å². The second-order valence-corrected chi connectivity index (χ2v) is 5.15. The number of hydrogen-bond donors (Lipinski definition) is 2. The molecule has 0 bridgehead atoms. The topological polar surface area (TPSA) is 95.7 Å². The van der Waals surface area contributed by atoms with Crippen LogP contribution >= 0.6 is 0 Å². The number of carbonyl (C=O) groups excluding carboxylic acids is 1. The van der Waals surface area contributed by atoms with Gasteiger partial charge in [0.25, 0.3) is 5.69 Å². The summed E-state index contributed by atoms with van der Waals surface area (Å²) in [7, 11) is 1.56. The molecule has 1 saturated heterocycles. The Balaban J connectivity index is 2.43. The predicted molar refractivity (Wildman–Crippen MR) is 78.2 cm³/mol. The highest BCUT2D eigenvalue weighted by atomic mass is 16.6. The molecule has 7 heteroatoms. The molecule has 0 spiro atoms. The van der Waals surface area contributed by atoms with Crippen molar-refractivity contribution in [2.75, 3.05) is 18.5 Å². The number of carbonyl (C=O) groups is 1. The fourth-order valence-electron chi connectivity index (χ4n) is 2.68. The number of nitrogens with one attached hydrogen (secondary N) is 1. The molecule has 1 aliphatic heterocycles. The quantitative estimate of drug-likeness (QED) is 0.645. The van der Waals surface area contributed by atoms with Crippen molar-refractivity contribution in [2.45, 2.75) is 31.9 Å². The molecule has 1 fully saturated rings.